The molecule has 1 heterocycles. The fourth-order valence-electron chi connectivity index (χ4n) is 1.87. The van der Waals surface area contributed by atoms with Crippen LogP contribution in [-0.2, 0) is 0 Å². The zero-order valence-corrected chi connectivity index (χ0v) is 13.4. The summed E-state index contributed by atoms with van der Waals surface area (Å²) in [6, 6.07) is 5.00. The highest BCUT2D eigenvalue weighted by Crippen LogP contribution is 2.21. The molecule has 0 fully saturated rings. The van der Waals surface area contributed by atoms with Gasteiger partial charge in [-0.05, 0) is 45.9 Å². The summed E-state index contributed by atoms with van der Waals surface area (Å²) >= 11 is 0. The molecule has 2 aromatic rings. The first kappa shape index (κ1) is 16.8. The van der Waals surface area contributed by atoms with Crippen molar-refractivity contribution in [3.8, 4) is 0 Å². The number of aromatic nitrogens is 2. The van der Waals surface area contributed by atoms with Crippen molar-refractivity contribution in [3.05, 3.63) is 47.3 Å². The third-order valence-electron chi connectivity index (χ3n) is 2.77. The maximum Gasteiger partial charge on any atom is 0.270 e. The number of benzene rings is 1. The van der Waals surface area contributed by atoms with Gasteiger partial charge < -0.3 is 10.6 Å². The summed E-state index contributed by atoms with van der Waals surface area (Å²) in [6.07, 6.45) is 0. The predicted octanol–water partition coefficient (Wildman–Crippen LogP) is 3.34. The van der Waals surface area contributed by atoms with E-state index in [9.17, 15) is 13.6 Å². The van der Waals surface area contributed by atoms with Crippen LogP contribution in [0.3, 0.4) is 0 Å². The maximum atomic E-state index is 13.7. The van der Waals surface area contributed by atoms with Gasteiger partial charge in [-0.2, -0.15) is 0 Å². The van der Waals surface area contributed by atoms with Crippen molar-refractivity contribution in [2.45, 2.75) is 33.2 Å². The van der Waals surface area contributed by atoms with Crippen LogP contribution in [0.5, 0.6) is 0 Å². The van der Waals surface area contributed by atoms with Crippen molar-refractivity contribution >= 4 is 17.5 Å². The van der Waals surface area contributed by atoms with Gasteiger partial charge in [0.25, 0.3) is 5.91 Å². The van der Waals surface area contributed by atoms with Crippen molar-refractivity contribution in [3.63, 3.8) is 0 Å². The minimum absolute atomic E-state index is 0.0481. The molecule has 0 bridgehead atoms. The first-order valence-electron chi connectivity index (χ1n) is 7.05. The molecule has 122 valence electrons. The standard InChI is InChI=1S/C16H18F2N4O/c1-9-8-12(14(23)22-16(2,3)4)20-15(19-9)21-13-10(17)6-5-7-11(13)18/h5-8H,1-4H3,(H,22,23)(H,19,20,21). The lowest BCUT2D eigenvalue weighted by atomic mass is 10.1. The van der Waals surface area contributed by atoms with E-state index in [-0.39, 0.29) is 23.2 Å². The number of nitrogens with one attached hydrogen (secondary N) is 2. The highest BCUT2D eigenvalue weighted by Gasteiger charge is 2.18. The first-order valence-corrected chi connectivity index (χ1v) is 7.05. The van der Waals surface area contributed by atoms with Crippen molar-refractivity contribution in [2.24, 2.45) is 0 Å². The van der Waals surface area contributed by atoms with Crippen LogP contribution in [0.4, 0.5) is 20.4 Å². The monoisotopic (exact) mass is 320 g/mol. The SMILES string of the molecule is Cc1cc(C(=O)NC(C)(C)C)nc(Nc2c(F)cccc2F)n1. The topological polar surface area (TPSA) is 66.9 Å². The summed E-state index contributed by atoms with van der Waals surface area (Å²) in [5, 5.41) is 5.26. The number of para-hydroxylation sites is 1. The Balaban J connectivity index is 2.33. The van der Waals surface area contributed by atoms with Gasteiger partial charge in [0.15, 0.2) is 0 Å². The summed E-state index contributed by atoms with van der Waals surface area (Å²) in [5.41, 5.74) is -0.175. The van der Waals surface area contributed by atoms with Crippen LogP contribution in [-0.4, -0.2) is 21.4 Å². The smallest absolute Gasteiger partial charge is 0.270 e. The van der Waals surface area contributed by atoms with Crippen molar-refractivity contribution < 1.29 is 13.6 Å². The molecule has 0 aliphatic heterocycles. The molecule has 0 atom stereocenters. The lowest BCUT2D eigenvalue weighted by Crippen LogP contribution is -2.41. The van der Waals surface area contributed by atoms with Crippen molar-refractivity contribution in [2.75, 3.05) is 5.32 Å². The number of halogens is 2. The van der Waals surface area contributed by atoms with E-state index >= 15 is 0 Å². The number of nitrogens with zero attached hydrogens (tertiary/aromatic N) is 2. The van der Waals surface area contributed by atoms with Gasteiger partial charge in [0.2, 0.25) is 5.95 Å². The van der Waals surface area contributed by atoms with E-state index in [1.54, 1.807) is 6.92 Å². The molecule has 0 aliphatic rings. The van der Waals surface area contributed by atoms with Crippen LogP contribution in [0, 0.1) is 18.6 Å². The summed E-state index contributed by atoms with van der Waals surface area (Å²) < 4.78 is 27.4. The number of hydrogen-bond donors (Lipinski definition) is 2. The van der Waals surface area contributed by atoms with Crippen molar-refractivity contribution in [1.82, 2.24) is 15.3 Å². The van der Waals surface area contributed by atoms with Gasteiger partial charge in [-0.3, -0.25) is 4.79 Å². The van der Waals surface area contributed by atoms with E-state index in [4.69, 9.17) is 0 Å². The van der Waals surface area contributed by atoms with Gasteiger partial charge >= 0.3 is 0 Å². The Morgan fingerprint density at radius 3 is 2.30 bits per heavy atom. The predicted molar refractivity (Wildman–Crippen MR) is 83.6 cm³/mol. The Labute approximate surface area is 133 Å². The summed E-state index contributed by atoms with van der Waals surface area (Å²) in [7, 11) is 0. The number of carbonyl (C=O) groups is 1. The van der Waals surface area contributed by atoms with E-state index < -0.39 is 17.2 Å². The van der Waals surface area contributed by atoms with Crippen molar-refractivity contribution in [1.29, 1.82) is 0 Å². The Morgan fingerprint density at radius 1 is 1.13 bits per heavy atom. The zero-order chi connectivity index (χ0) is 17.2. The van der Waals surface area contributed by atoms with Crippen LogP contribution in [0.15, 0.2) is 24.3 Å². The third-order valence-corrected chi connectivity index (χ3v) is 2.77. The Morgan fingerprint density at radius 2 is 1.74 bits per heavy atom. The number of rotatable bonds is 3. The molecule has 0 saturated carbocycles. The molecule has 0 saturated heterocycles. The minimum atomic E-state index is -0.768. The third kappa shape index (κ3) is 4.45. The lowest BCUT2D eigenvalue weighted by molar-refractivity contribution is 0.0914. The highest BCUT2D eigenvalue weighted by molar-refractivity contribution is 5.93. The molecule has 0 radical (unpaired) electrons. The van der Waals surface area contributed by atoms with Gasteiger partial charge in [0, 0.05) is 11.2 Å². The summed E-state index contributed by atoms with van der Waals surface area (Å²) in [4.78, 5) is 20.3. The lowest BCUT2D eigenvalue weighted by Gasteiger charge is -2.20. The van der Waals surface area contributed by atoms with Gasteiger partial charge in [-0.25, -0.2) is 18.7 Å². The van der Waals surface area contributed by atoms with Gasteiger partial charge in [-0.15, -0.1) is 0 Å². The number of amides is 1. The van der Waals surface area contributed by atoms with Gasteiger partial charge in [0.1, 0.15) is 23.0 Å². The summed E-state index contributed by atoms with van der Waals surface area (Å²) in [6.45, 7) is 7.19. The average molecular weight is 320 g/mol. The molecule has 1 aromatic carbocycles. The number of hydrogen-bond acceptors (Lipinski definition) is 4. The molecule has 7 heteroatoms. The molecule has 0 aliphatic carbocycles. The molecule has 0 spiro atoms. The quantitative estimate of drug-likeness (QED) is 0.910. The Hall–Kier alpha value is -2.57. The normalized spacial score (nSPS) is 11.2. The number of carbonyl (C=O) groups excluding carboxylic acids is 1. The largest absolute Gasteiger partial charge is 0.346 e. The molecule has 2 rings (SSSR count). The molecule has 1 aromatic heterocycles. The molecule has 23 heavy (non-hydrogen) atoms. The van der Waals surface area contributed by atoms with E-state index in [1.165, 1.54) is 12.1 Å². The molecular formula is C16H18F2N4O. The second-order valence-electron chi connectivity index (χ2n) is 6.14. The second kappa shape index (κ2) is 6.28. The molecule has 5 nitrogen and oxygen atoms in total. The number of aryl methyl sites for hydroxylation is 1. The first-order chi connectivity index (χ1) is 10.7. The fourth-order valence-corrected chi connectivity index (χ4v) is 1.87. The summed E-state index contributed by atoms with van der Waals surface area (Å²) in [5.74, 6) is -1.97. The molecule has 1 amide bonds. The molecule has 2 N–H and O–H groups in total. The average Bonchev–Trinajstić information content (AvgIpc) is 2.40. The maximum absolute atomic E-state index is 13.7. The van der Waals surface area contributed by atoms with E-state index in [0.717, 1.165) is 12.1 Å². The van der Waals surface area contributed by atoms with E-state index in [2.05, 4.69) is 20.6 Å². The molecule has 0 unspecified atom stereocenters. The Bertz CT molecular complexity index is 721. The van der Waals surface area contributed by atoms with Gasteiger partial charge in [-0.1, -0.05) is 6.07 Å². The van der Waals surface area contributed by atoms with Gasteiger partial charge in [0.05, 0.1) is 0 Å². The van der Waals surface area contributed by atoms with Crippen LogP contribution >= 0.6 is 0 Å². The van der Waals surface area contributed by atoms with Crippen LogP contribution in [0.1, 0.15) is 37.0 Å². The van der Waals surface area contributed by atoms with Crippen LogP contribution < -0.4 is 10.6 Å². The zero-order valence-electron chi connectivity index (χ0n) is 13.4. The van der Waals surface area contributed by atoms with Crippen LogP contribution in [0.25, 0.3) is 0 Å². The number of anilines is 2. The van der Waals surface area contributed by atoms with Crippen LogP contribution in [0.2, 0.25) is 0 Å². The van der Waals surface area contributed by atoms with E-state index in [1.807, 2.05) is 20.8 Å². The minimum Gasteiger partial charge on any atom is -0.346 e. The molecular weight excluding hydrogens is 302 g/mol. The second-order valence-corrected chi connectivity index (χ2v) is 6.14. The fraction of sp³-hybridized carbons (Fsp3) is 0.312. The van der Waals surface area contributed by atoms with E-state index in [0.29, 0.717) is 5.69 Å². The highest BCUT2D eigenvalue weighted by atomic mass is 19.1. The Kier molecular flexibility index (Phi) is 4.58.